The molecule has 12 heteroatoms. The van der Waals surface area contributed by atoms with Crippen molar-refractivity contribution in [3.8, 4) is 11.5 Å². The van der Waals surface area contributed by atoms with Gasteiger partial charge in [-0.2, -0.15) is 0 Å². The van der Waals surface area contributed by atoms with E-state index in [2.05, 4.69) is 0 Å². The molecule has 12 nitrogen and oxygen atoms in total. The van der Waals surface area contributed by atoms with E-state index < -0.39 is 36.5 Å². The van der Waals surface area contributed by atoms with Crippen LogP contribution in [0.2, 0.25) is 0 Å². The fourth-order valence-corrected chi connectivity index (χ4v) is 7.37. The molecule has 260 valence electrons. The number of hydrogen-bond acceptors (Lipinski definition) is 12. The molecule has 0 spiro atoms. The van der Waals surface area contributed by atoms with Gasteiger partial charge in [0.25, 0.3) is 12.6 Å². The van der Waals surface area contributed by atoms with Gasteiger partial charge in [0.1, 0.15) is 23.7 Å². The van der Waals surface area contributed by atoms with Crippen LogP contribution in [0, 0.1) is 25.7 Å². The summed E-state index contributed by atoms with van der Waals surface area (Å²) in [6.45, 7) is 7.30. The van der Waals surface area contributed by atoms with E-state index >= 15 is 0 Å². The molecule has 2 aromatic rings. The van der Waals surface area contributed by atoms with Crippen LogP contribution in [0.3, 0.4) is 0 Å². The highest BCUT2D eigenvalue weighted by Gasteiger charge is 2.49. The lowest BCUT2D eigenvalue weighted by Crippen LogP contribution is -2.12. The summed E-state index contributed by atoms with van der Waals surface area (Å²) in [5.74, 6) is -0.267. The fraction of sp³-hybridized carbons (Fsp3) is 0.368. The number of cyclic esters (lactones) is 2. The Balaban J connectivity index is 0.000000157. The first kappa shape index (κ1) is 33.0. The highest BCUT2D eigenvalue weighted by molar-refractivity contribution is 5.93. The topological polar surface area (TPSA) is 142 Å². The lowest BCUT2D eigenvalue weighted by Gasteiger charge is -2.13. The molecule has 4 aliphatic heterocycles. The second-order valence-corrected chi connectivity index (χ2v) is 12.9. The average molecular weight is 685 g/mol. The zero-order chi connectivity index (χ0) is 35.4. The van der Waals surface area contributed by atoms with Crippen molar-refractivity contribution < 1.29 is 57.1 Å². The Hall–Kier alpha value is -5.52. The van der Waals surface area contributed by atoms with E-state index in [9.17, 15) is 19.2 Å². The number of esters is 4. The van der Waals surface area contributed by atoms with Crippen LogP contribution in [-0.2, 0) is 60.4 Å². The molecule has 0 bridgehead atoms. The Labute approximate surface area is 288 Å². The third-order valence-electron chi connectivity index (χ3n) is 9.91. The van der Waals surface area contributed by atoms with Gasteiger partial charge in [0.15, 0.2) is 0 Å². The number of rotatable bonds is 6. The summed E-state index contributed by atoms with van der Waals surface area (Å²) in [6.07, 6.45) is 4.93. The smallest absolute Gasteiger partial charge is 0.338 e. The number of methoxy groups -OCH3 is 2. The van der Waals surface area contributed by atoms with Crippen molar-refractivity contribution in [2.24, 2.45) is 11.8 Å². The first-order valence-electron chi connectivity index (χ1n) is 16.2. The Bertz CT molecular complexity index is 1810. The quantitative estimate of drug-likeness (QED) is 0.175. The maximum atomic E-state index is 12.3. The number of fused-ring (bicyclic) bond motifs is 6. The molecule has 50 heavy (non-hydrogen) atoms. The van der Waals surface area contributed by atoms with Crippen LogP contribution in [0.15, 0.2) is 71.2 Å². The van der Waals surface area contributed by atoms with Gasteiger partial charge in [-0.05, 0) is 63.8 Å². The summed E-state index contributed by atoms with van der Waals surface area (Å²) in [7, 11) is 3.27. The van der Waals surface area contributed by atoms with E-state index in [4.69, 9.17) is 37.9 Å². The second kappa shape index (κ2) is 12.7. The maximum absolute atomic E-state index is 12.3. The molecule has 6 atom stereocenters. The number of ether oxygens (including phenoxy) is 8. The lowest BCUT2D eigenvalue weighted by molar-refractivity contribution is -0.153. The molecule has 0 unspecified atom stereocenters. The Morgan fingerprint density at radius 2 is 0.980 bits per heavy atom. The minimum atomic E-state index is -0.799. The van der Waals surface area contributed by atoms with Crippen LogP contribution >= 0.6 is 0 Å². The van der Waals surface area contributed by atoms with Gasteiger partial charge in [0.2, 0.25) is 0 Å². The minimum Gasteiger partial charge on any atom is -0.496 e. The first-order chi connectivity index (χ1) is 24.0. The molecule has 2 fully saturated rings. The van der Waals surface area contributed by atoms with E-state index in [1.165, 1.54) is 12.5 Å². The van der Waals surface area contributed by atoms with Crippen LogP contribution in [0.4, 0.5) is 0 Å². The summed E-state index contributed by atoms with van der Waals surface area (Å²) < 4.78 is 43.1. The van der Waals surface area contributed by atoms with Gasteiger partial charge in [-0.15, -0.1) is 0 Å². The molecule has 2 saturated heterocycles. The summed E-state index contributed by atoms with van der Waals surface area (Å²) >= 11 is 0. The summed E-state index contributed by atoms with van der Waals surface area (Å²) in [6, 6.07) is 7.81. The number of aryl methyl sites for hydroxylation is 2. The average Bonchev–Trinajstić information content (AvgIpc) is 3.91. The van der Waals surface area contributed by atoms with E-state index in [0.29, 0.717) is 35.1 Å². The van der Waals surface area contributed by atoms with Gasteiger partial charge in [0, 0.05) is 57.4 Å². The molecule has 6 aliphatic rings. The second-order valence-electron chi connectivity index (χ2n) is 12.9. The molecule has 0 radical (unpaired) electrons. The largest absolute Gasteiger partial charge is 0.496 e. The predicted octanol–water partition coefficient (Wildman–Crippen LogP) is 5.01. The van der Waals surface area contributed by atoms with Gasteiger partial charge >= 0.3 is 23.9 Å². The molecule has 0 aromatic heterocycles. The molecule has 4 heterocycles. The number of carbonyl (C=O) groups is 4. The minimum absolute atomic E-state index is 0.125. The number of carbonyl (C=O) groups excluding carboxylic acids is 4. The fourth-order valence-electron chi connectivity index (χ4n) is 7.37. The standard InChI is InChI=1S/2C19H18O6/c2*1-9-4-5-14(22-3)12-7-11-13(19(21)25-17(11)16(9)12)8-23-15-6-10(2)18(20)24-15/h2*4-6,8,11,15,17H,7H2,1-3H3/b2*13-8+/t11-,15+,17+;11-,15-,17+/m01/s1. The van der Waals surface area contributed by atoms with E-state index in [0.717, 1.165) is 44.9 Å². The van der Waals surface area contributed by atoms with Crippen molar-refractivity contribution >= 4 is 23.9 Å². The van der Waals surface area contributed by atoms with Crippen LogP contribution in [-0.4, -0.2) is 50.7 Å². The van der Waals surface area contributed by atoms with Crippen LogP contribution in [0.25, 0.3) is 0 Å². The zero-order valence-corrected chi connectivity index (χ0v) is 28.4. The van der Waals surface area contributed by atoms with E-state index in [-0.39, 0.29) is 24.0 Å². The third kappa shape index (κ3) is 5.58. The Morgan fingerprint density at radius 3 is 1.32 bits per heavy atom. The van der Waals surface area contributed by atoms with Crippen LogP contribution in [0.5, 0.6) is 11.5 Å². The molecule has 0 N–H and O–H groups in total. The maximum Gasteiger partial charge on any atom is 0.338 e. The van der Waals surface area contributed by atoms with E-state index in [1.807, 2.05) is 38.1 Å². The van der Waals surface area contributed by atoms with Gasteiger partial charge in [-0.1, -0.05) is 12.1 Å². The molecule has 0 amide bonds. The Kier molecular flexibility index (Phi) is 8.41. The molecular formula is C38H36O12. The van der Waals surface area contributed by atoms with Crippen molar-refractivity contribution in [1.29, 1.82) is 0 Å². The van der Waals surface area contributed by atoms with Crippen molar-refractivity contribution in [3.63, 3.8) is 0 Å². The lowest BCUT2D eigenvalue weighted by atomic mass is 9.97. The highest BCUT2D eigenvalue weighted by Crippen LogP contribution is 2.52. The molecule has 8 rings (SSSR count). The predicted molar refractivity (Wildman–Crippen MR) is 173 cm³/mol. The summed E-state index contributed by atoms with van der Waals surface area (Å²) in [4.78, 5) is 47.3. The monoisotopic (exact) mass is 684 g/mol. The van der Waals surface area contributed by atoms with Gasteiger partial charge in [0.05, 0.1) is 37.9 Å². The number of benzene rings is 2. The molecule has 2 aliphatic carbocycles. The van der Waals surface area contributed by atoms with Crippen molar-refractivity contribution in [2.75, 3.05) is 14.2 Å². The summed E-state index contributed by atoms with van der Waals surface area (Å²) in [5, 5.41) is 0. The van der Waals surface area contributed by atoms with Gasteiger partial charge < -0.3 is 37.9 Å². The van der Waals surface area contributed by atoms with Crippen molar-refractivity contribution in [3.05, 3.63) is 105 Å². The normalized spacial score (nSPS) is 28.4. The molecular weight excluding hydrogens is 648 g/mol. The van der Waals surface area contributed by atoms with Gasteiger partial charge in [-0.3, -0.25) is 0 Å². The third-order valence-corrected chi connectivity index (χ3v) is 9.91. The first-order valence-corrected chi connectivity index (χ1v) is 16.2. The van der Waals surface area contributed by atoms with Gasteiger partial charge in [-0.25, -0.2) is 19.2 Å². The highest BCUT2D eigenvalue weighted by atomic mass is 16.7. The Morgan fingerprint density at radius 1 is 0.580 bits per heavy atom. The van der Waals surface area contributed by atoms with Crippen molar-refractivity contribution in [2.45, 2.75) is 65.3 Å². The SMILES string of the molecule is COc1ccc(C)c2c1C[C@@H]1/C(=C\O[C@H]3C=C(C)C(=O)O3)C(=O)O[C@H]21.COc1ccc(C)c2c1C[C@H]1/C(=C\O[C@H]3C=C(C)C(=O)O3)C(=O)O[C@@H]21. The van der Waals surface area contributed by atoms with Crippen LogP contribution < -0.4 is 9.47 Å². The summed E-state index contributed by atoms with van der Waals surface area (Å²) in [5.41, 5.74) is 8.20. The van der Waals surface area contributed by atoms with E-state index in [1.54, 1.807) is 40.2 Å². The van der Waals surface area contributed by atoms with Crippen molar-refractivity contribution in [1.82, 2.24) is 0 Å². The molecule has 0 saturated carbocycles. The zero-order valence-electron chi connectivity index (χ0n) is 28.4. The van der Waals surface area contributed by atoms with Crippen LogP contribution in [0.1, 0.15) is 59.4 Å². The molecule has 2 aromatic carbocycles. The number of hydrogen-bond donors (Lipinski definition) is 0.